The van der Waals surface area contributed by atoms with Gasteiger partial charge in [0.05, 0.1) is 28.9 Å². The van der Waals surface area contributed by atoms with E-state index >= 15 is 4.79 Å². The standard InChI is InChI=1S/C39H33ClFN3O5/c1-2-19-43-35(46)29-16-15-28-30(33(29)37(43)48)20-31-36(47)44(42-24-13-11-23(41)12-14-24)38(49)39(31,21-7-9-22(40)10-8-21)34(28)27-17-18-32(45)26-6-4-3-5-25(26)27/h3-15,17-18,29-31,33-34,42,45H,2,16,19-20H2,1H3. The molecule has 1 saturated carbocycles. The number of carbonyl (C=O) groups is 4. The number of phenols is 1. The van der Waals surface area contributed by atoms with Crippen LogP contribution in [0.3, 0.4) is 0 Å². The second-order valence-corrected chi connectivity index (χ2v) is 13.9. The summed E-state index contributed by atoms with van der Waals surface area (Å²) in [5.74, 6) is -5.23. The monoisotopic (exact) mass is 677 g/mol. The van der Waals surface area contributed by atoms with E-state index in [0.29, 0.717) is 46.4 Å². The summed E-state index contributed by atoms with van der Waals surface area (Å²) >= 11 is 6.38. The zero-order valence-electron chi connectivity index (χ0n) is 26.6. The third-order valence-electron chi connectivity index (χ3n) is 11.0. The second kappa shape index (κ2) is 11.6. The summed E-state index contributed by atoms with van der Waals surface area (Å²) in [4.78, 5) is 59.1. The number of rotatable bonds is 6. The van der Waals surface area contributed by atoms with E-state index in [9.17, 15) is 23.9 Å². The van der Waals surface area contributed by atoms with E-state index in [4.69, 9.17) is 11.6 Å². The number of imide groups is 2. The third-order valence-corrected chi connectivity index (χ3v) is 11.3. The van der Waals surface area contributed by atoms with Crippen LogP contribution in [0, 0.1) is 29.5 Å². The number of anilines is 1. The van der Waals surface area contributed by atoms with Crippen LogP contribution in [0.5, 0.6) is 5.75 Å². The molecule has 2 heterocycles. The Morgan fingerprint density at radius 1 is 0.878 bits per heavy atom. The number of nitrogens with zero attached hydrogens (tertiary/aromatic N) is 2. The van der Waals surface area contributed by atoms with Gasteiger partial charge < -0.3 is 5.11 Å². The molecule has 6 unspecified atom stereocenters. The van der Waals surface area contributed by atoms with E-state index in [-0.39, 0.29) is 24.0 Å². The Bertz CT molecular complexity index is 2080. The molecule has 2 N–H and O–H groups in total. The van der Waals surface area contributed by atoms with Crippen LogP contribution in [-0.2, 0) is 24.6 Å². The summed E-state index contributed by atoms with van der Waals surface area (Å²) in [5.41, 5.74) is 3.94. The maximum Gasteiger partial charge on any atom is 0.260 e. The minimum atomic E-state index is -1.50. The van der Waals surface area contributed by atoms with Gasteiger partial charge in [0.15, 0.2) is 0 Å². The number of phenolic OH excluding ortho intramolecular Hbond substituents is 1. The lowest BCUT2D eigenvalue weighted by Crippen LogP contribution is -2.53. The molecule has 4 amide bonds. The summed E-state index contributed by atoms with van der Waals surface area (Å²) in [5, 5.41) is 13.7. The highest BCUT2D eigenvalue weighted by Crippen LogP contribution is 2.64. The molecule has 0 spiro atoms. The van der Waals surface area contributed by atoms with Gasteiger partial charge in [0, 0.05) is 22.9 Å². The molecule has 3 fully saturated rings. The summed E-state index contributed by atoms with van der Waals surface area (Å²) in [7, 11) is 0. The smallest absolute Gasteiger partial charge is 0.260 e. The summed E-state index contributed by atoms with van der Waals surface area (Å²) in [6.45, 7) is 2.24. The van der Waals surface area contributed by atoms with Gasteiger partial charge in [-0.3, -0.25) is 29.5 Å². The lowest BCUT2D eigenvalue weighted by molar-refractivity contribution is -0.141. The molecule has 0 bridgehead atoms. The van der Waals surface area contributed by atoms with Crippen molar-refractivity contribution < 1.29 is 28.7 Å². The van der Waals surface area contributed by atoms with E-state index in [1.165, 1.54) is 29.2 Å². The van der Waals surface area contributed by atoms with Crippen molar-refractivity contribution in [3.05, 3.63) is 119 Å². The molecule has 2 aliphatic carbocycles. The number of hydrazine groups is 1. The Morgan fingerprint density at radius 2 is 1.59 bits per heavy atom. The molecule has 8 nitrogen and oxygen atoms in total. The van der Waals surface area contributed by atoms with Crippen LogP contribution in [0.15, 0.2) is 96.6 Å². The summed E-state index contributed by atoms with van der Waals surface area (Å²) < 4.78 is 13.9. The Kier molecular flexibility index (Phi) is 7.37. The molecular formula is C39H33ClFN3O5. The number of hydrogen-bond donors (Lipinski definition) is 2. The Morgan fingerprint density at radius 3 is 2.31 bits per heavy atom. The van der Waals surface area contributed by atoms with Crippen LogP contribution >= 0.6 is 11.6 Å². The molecule has 4 aliphatic rings. The van der Waals surface area contributed by atoms with Gasteiger partial charge in [-0.05, 0) is 84.2 Å². The van der Waals surface area contributed by atoms with E-state index < -0.39 is 52.6 Å². The van der Waals surface area contributed by atoms with Crippen LogP contribution in [-0.4, -0.2) is 45.2 Å². The average Bonchev–Trinajstić information content (AvgIpc) is 3.47. The van der Waals surface area contributed by atoms with Crippen molar-refractivity contribution >= 4 is 51.7 Å². The first kappa shape index (κ1) is 31.3. The number of hydrogen-bond acceptors (Lipinski definition) is 6. The Labute approximate surface area is 287 Å². The van der Waals surface area contributed by atoms with Gasteiger partial charge in [0.2, 0.25) is 11.8 Å². The minimum absolute atomic E-state index is 0.0710. The highest BCUT2D eigenvalue weighted by Gasteiger charge is 2.70. The molecule has 4 aromatic carbocycles. The molecule has 0 aromatic heterocycles. The fraction of sp³-hybridized carbons (Fsp3) is 0.282. The highest BCUT2D eigenvalue weighted by atomic mass is 35.5. The van der Waals surface area contributed by atoms with Crippen molar-refractivity contribution in [2.45, 2.75) is 37.5 Å². The van der Waals surface area contributed by atoms with Gasteiger partial charge in [-0.2, -0.15) is 5.01 Å². The van der Waals surface area contributed by atoms with Crippen molar-refractivity contribution in [1.82, 2.24) is 9.91 Å². The molecular weight excluding hydrogens is 645 g/mol. The molecule has 8 rings (SSSR count). The summed E-state index contributed by atoms with van der Waals surface area (Å²) in [6.07, 6.45) is 3.13. The molecule has 0 radical (unpaired) electrons. The van der Waals surface area contributed by atoms with E-state index in [1.54, 1.807) is 42.5 Å². The molecule has 248 valence electrons. The quantitative estimate of drug-likeness (QED) is 0.173. The largest absolute Gasteiger partial charge is 0.507 e. The fourth-order valence-corrected chi connectivity index (χ4v) is 9.19. The number of amides is 4. The van der Waals surface area contributed by atoms with Gasteiger partial charge in [0.1, 0.15) is 11.6 Å². The number of benzene rings is 4. The van der Waals surface area contributed by atoms with Crippen molar-refractivity contribution in [2.75, 3.05) is 12.0 Å². The first-order valence-corrected chi connectivity index (χ1v) is 17.0. The summed E-state index contributed by atoms with van der Waals surface area (Å²) in [6, 6.07) is 23.1. The topological polar surface area (TPSA) is 107 Å². The van der Waals surface area contributed by atoms with Crippen LogP contribution in [0.2, 0.25) is 5.02 Å². The normalized spacial score (nSPS) is 27.7. The Hall–Kier alpha value is -5.02. The maximum absolute atomic E-state index is 15.3. The minimum Gasteiger partial charge on any atom is -0.507 e. The number of allylic oxidation sites excluding steroid dienone is 2. The maximum atomic E-state index is 15.3. The first-order valence-electron chi connectivity index (χ1n) is 16.6. The van der Waals surface area contributed by atoms with Crippen LogP contribution in [0.4, 0.5) is 10.1 Å². The fourth-order valence-electron chi connectivity index (χ4n) is 9.07. The second-order valence-electron chi connectivity index (χ2n) is 13.4. The van der Waals surface area contributed by atoms with E-state index in [0.717, 1.165) is 16.1 Å². The van der Waals surface area contributed by atoms with Gasteiger partial charge in [-0.15, -0.1) is 0 Å². The van der Waals surface area contributed by atoms with E-state index in [1.807, 2.05) is 31.2 Å². The molecule has 2 saturated heterocycles. The lowest BCUT2D eigenvalue weighted by atomic mass is 9.49. The number of fused-ring (bicyclic) bond motifs is 5. The van der Waals surface area contributed by atoms with Crippen molar-refractivity contribution in [3.8, 4) is 5.75 Å². The number of likely N-dealkylation sites (tertiary alicyclic amines) is 1. The SMILES string of the molecule is CCCN1C(=O)C2CC=C3C(CC4C(=O)N(Nc5ccc(F)cc5)C(=O)C4(c4ccc(Cl)cc4)C3c3ccc(O)c4ccccc34)C2C1=O. The lowest BCUT2D eigenvalue weighted by Gasteiger charge is -2.51. The van der Waals surface area contributed by atoms with Gasteiger partial charge in [-0.1, -0.05) is 72.6 Å². The highest BCUT2D eigenvalue weighted by molar-refractivity contribution is 6.30. The number of carbonyl (C=O) groups excluding carboxylic acids is 4. The molecule has 49 heavy (non-hydrogen) atoms. The molecule has 6 atom stereocenters. The number of nitrogens with one attached hydrogen (secondary N) is 1. The average molecular weight is 678 g/mol. The first-order chi connectivity index (χ1) is 23.7. The number of aromatic hydroxyl groups is 1. The van der Waals surface area contributed by atoms with Crippen LogP contribution in [0.1, 0.15) is 43.2 Å². The van der Waals surface area contributed by atoms with Crippen molar-refractivity contribution in [1.29, 1.82) is 0 Å². The van der Waals surface area contributed by atoms with E-state index in [2.05, 4.69) is 5.43 Å². The number of halogens is 2. The predicted molar refractivity (Wildman–Crippen MR) is 182 cm³/mol. The molecule has 4 aromatic rings. The zero-order chi connectivity index (χ0) is 34.2. The molecule has 10 heteroatoms. The van der Waals surface area contributed by atoms with Gasteiger partial charge >= 0.3 is 0 Å². The van der Waals surface area contributed by atoms with Crippen LogP contribution < -0.4 is 5.43 Å². The van der Waals surface area contributed by atoms with Gasteiger partial charge in [0.25, 0.3) is 11.8 Å². The third kappa shape index (κ3) is 4.48. The van der Waals surface area contributed by atoms with Gasteiger partial charge in [-0.25, -0.2) is 4.39 Å². The van der Waals surface area contributed by atoms with Crippen molar-refractivity contribution in [2.24, 2.45) is 23.7 Å². The zero-order valence-corrected chi connectivity index (χ0v) is 27.4. The Balaban J connectivity index is 1.39. The van der Waals surface area contributed by atoms with Crippen LogP contribution in [0.25, 0.3) is 10.8 Å². The predicted octanol–water partition coefficient (Wildman–Crippen LogP) is 6.73. The molecule has 2 aliphatic heterocycles. The van der Waals surface area contributed by atoms with Crippen molar-refractivity contribution in [3.63, 3.8) is 0 Å².